The Morgan fingerprint density at radius 3 is 2.70 bits per heavy atom. The third-order valence-corrected chi connectivity index (χ3v) is 4.69. The first-order valence-electron chi connectivity index (χ1n) is 5.91. The number of halogens is 1. The second-order valence-corrected chi connectivity index (χ2v) is 6.53. The molecule has 0 fully saturated rings. The molecule has 0 heterocycles. The molecule has 0 aliphatic heterocycles. The van der Waals surface area contributed by atoms with Gasteiger partial charge in [0.25, 0.3) is 0 Å². The fourth-order valence-corrected chi connectivity index (χ4v) is 3.10. The Balaban J connectivity index is 3.00. The molecule has 0 radical (unpaired) electrons. The van der Waals surface area contributed by atoms with Gasteiger partial charge in [0, 0.05) is 26.6 Å². The number of hydrogen-bond donors (Lipinski definition) is 1. The summed E-state index contributed by atoms with van der Waals surface area (Å²) in [6.45, 7) is 0.515. The van der Waals surface area contributed by atoms with E-state index in [0.717, 1.165) is 6.07 Å². The van der Waals surface area contributed by atoms with Crippen molar-refractivity contribution in [1.29, 1.82) is 0 Å². The van der Waals surface area contributed by atoms with Crippen LogP contribution in [0.1, 0.15) is 6.42 Å². The third kappa shape index (κ3) is 4.78. The summed E-state index contributed by atoms with van der Waals surface area (Å²) in [6.07, 6.45) is 0.258. The summed E-state index contributed by atoms with van der Waals surface area (Å²) < 4.78 is 44.1. The smallest absolute Gasteiger partial charge is 0.243 e. The van der Waals surface area contributed by atoms with Crippen LogP contribution in [0.2, 0.25) is 0 Å². The van der Waals surface area contributed by atoms with Crippen molar-refractivity contribution in [3.63, 3.8) is 0 Å². The third-order valence-electron chi connectivity index (χ3n) is 2.59. The topological polar surface area (TPSA) is 72.6 Å². The lowest BCUT2D eigenvalue weighted by atomic mass is 10.4. The van der Waals surface area contributed by atoms with Crippen LogP contribution >= 0.6 is 12.2 Å². The lowest BCUT2D eigenvalue weighted by Gasteiger charge is -2.21. The Morgan fingerprint density at radius 2 is 2.15 bits per heavy atom. The summed E-state index contributed by atoms with van der Waals surface area (Å²) in [4.78, 5) is 0.124. The minimum atomic E-state index is -3.79. The SMILES string of the molecule is COCCN(CCC(N)=S)S(=O)(=O)c1cccc(F)c1. The molecule has 5 nitrogen and oxygen atoms in total. The van der Waals surface area contributed by atoms with Gasteiger partial charge in [0.1, 0.15) is 5.82 Å². The predicted molar refractivity (Wildman–Crippen MR) is 78.4 cm³/mol. The summed E-state index contributed by atoms with van der Waals surface area (Å²) in [5, 5.41) is 0. The highest BCUT2D eigenvalue weighted by molar-refractivity contribution is 7.89. The molecule has 0 atom stereocenters. The van der Waals surface area contributed by atoms with Crippen LogP contribution in [0.25, 0.3) is 0 Å². The zero-order chi connectivity index (χ0) is 15.2. The summed E-state index contributed by atoms with van der Waals surface area (Å²) in [6, 6.07) is 4.87. The van der Waals surface area contributed by atoms with Crippen LogP contribution in [0.15, 0.2) is 29.2 Å². The van der Waals surface area contributed by atoms with Gasteiger partial charge in [-0.2, -0.15) is 4.31 Å². The average molecular weight is 320 g/mol. The second-order valence-electron chi connectivity index (χ2n) is 4.07. The van der Waals surface area contributed by atoms with Crippen LogP contribution in [0.3, 0.4) is 0 Å². The maximum Gasteiger partial charge on any atom is 0.243 e. The van der Waals surface area contributed by atoms with E-state index in [2.05, 4.69) is 0 Å². The number of sulfonamides is 1. The van der Waals surface area contributed by atoms with Crippen molar-refractivity contribution in [3.8, 4) is 0 Å². The van der Waals surface area contributed by atoms with Crippen molar-refractivity contribution in [3.05, 3.63) is 30.1 Å². The lowest BCUT2D eigenvalue weighted by molar-refractivity contribution is 0.179. The Labute approximate surface area is 123 Å². The molecule has 1 rings (SSSR count). The molecular formula is C12H17FN2O3S2. The van der Waals surface area contributed by atoms with E-state index in [0.29, 0.717) is 0 Å². The highest BCUT2D eigenvalue weighted by Gasteiger charge is 2.24. The van der Waals surface area contributed by atoms with E-state index in [4.69, 9.17) is 22.7 Å². The Bertz CT molecular complexity index is 564. The van der Waals surface area contributed by atoms with Gasteiger partial charge in [-0.05, 0) is 18.2 Å². The highest BCUT2D eigenvalue weighted by Crippen LogP contribution is 2.17. The fourth-order valence-electron chi connectivity index (χ4n) is 1.56. The van der Waals surface area contributed by atoms with E-state index in [-0.39, 0.29) is 36.0 Å². The molecule has 1 aromatic carbocycles. The van der Waals surface area contributed by atoms with Crippen molar-refractivity contribution >= 4 is 27.2 Å². The van der Waals surface area contributed by atoms with Crippen molar-refractivity contribution < 1.29 is 17.5 Å². The van der Waals surface area contributed by atoms with Gasteiger partial charge in [-0.15, -0.1) is 0 Å². The molecule has 0 bridgehead atoms. The summed E-state index contributed by atoms with van der Waals surface area (Å²) in [7, 11) is -2.32. The maximum absolute atomic E-state index is 13.2. The standard InChI is InChI=1S/C12H17FN2O3S2/c1-18-8-7-15(6-5-12(14)19)20(16,17)11-4-2-3-10(13)9-11/h2-4,9H,5-8H2,1H3,(H2,14,19). The number of thiocarbonyl (C=S) groups is 1. The van der Waals surface area contributed by atoms with Crippen LogP contribution in [0.5, 0.6) is 0 Å². The molecule has 8 heteroatoms. The van der Waals surface area contributed by atoms with Gasteiger partial charge < -0.3 is 10.5 Å². The predicted octanol–water partition coefficient (Wildman–Crippen LogP) is 1.14. The van der Waals surface area contributed by atoms with Gasteiger partial charge in [0.05, 0.1) is 16.5 Å². The Kier molecular flexibility index (Phi) is 6.47. The first-order chi connectivity index (χ1) is 9.37. The number of nitrogens with two attached hydrogens (primary N) is 1. The quantitative estimate of drug-likeness (QED) is 0.727. The zero-order valence-electron chi connectivity index (χ0n) is 11.1. The first-order valence-corrected chi connectivity index (χ1v) is 7.75. The van der Waals surface area contributed by atoms with Crippen molar-refractivity contribution in [1.82, 2.24) is 4.31 Å². The number of methoxy groups -OCH3 is 1. The summed E-state index contributed by atoms with van der Waals surface area (Å²) in [5.41, 5.74) is 5.39. The largest absolute Gasteiger partial charge is 0.393 e. The molecule has 0 aromatic heterocycles. The fraction of sp³-hybridized carbons (Fsp3) is 0.417. The maximum atomic E-state index is 13.2. The van der Waals surface area contributed by atoms with E-state index in [1.54, 1.807) is 0 Å². The number of benzene rings is 1. The number of ether oxygens (including phenoxy) is 1. The summed E-state index contributed by atoms with van der Waals surface area (Å²) in [5.74, 6) is -0.605. The van der Waals surface area contributed by atoms with E-state index in [1.807, 2.05) is 0 Å². The molecule has 2 N–H and O–H groups in total. The monoisotopic (exact) mass is 320 g/mol. The van der Waals surface area contributed by atoms with Gasteiger partial charge in [-0.1, -0.05) is 18.3 Å². The van der Waals surface area contributed by atoms with E-state index in [9.17, 15) is 12.8 Å². The molecule has 0 saturated heterocycles. The molecule has 0 spiro atoms. The van der Waals surface area contributed by atoms with E-state index in [1.165, 1.54) is 29.6 Å². The second kappa shape index (κ2) is 7.63. The number of nitrogens with zero attached hydrogens (tertiary/aromatic N) is 1. The van der Waals surface area contributed by atoms with Crippen LogP contribution < -0.4 is 5.73 Å². The average Bonchev–Trinajstić information content (AvgIpc) is 2.38. The minimum absolute atomic E-state index is 0.100. The van der Waals surface area contributed by atoms with Gasteiger partial charge in [0.15, 0.2) is 0 Å². The summed E-state index contributed by atoms with van der Waals surface area (Å²) >= 11 is 4.75. The highest BCUT2D eigenvalue weighted by atomic mass is 32.2. The first kappa shape index (κ1) is 17.0. The molecule has 112 valence electrons. The molecule has 0 saturated carbocycles. The van der Waals surface area contributed by atoms with Gasteiger partial charge in [-0.3, -0.25) is 0 Å². The Hall–Kier alpha value is -1.09. The lowest BCUT2D eigenvalue weighted by Crippen LogP contribution is -2.36. The molecule has 1 aromatic rings. The molecule has 0 unspecified atom stereocenters. The van der Waals surface area contributed by atoms with Gasteiger partial charge in [0.2, 0.25) is 10.0 Å². The zero-order valence-corrected chi connectivity index (χ0v) is 12.7. The van der Waals surface area contributed by atoms with Crippen LogP contribution in [0, 0.1) is 5.82 Å². The van der Waals surface area contributed by atoms with Crippen LogP contribution in [-0.4, -0.2) is 44.5 Å². The van der Waals surface area contributed by atoms with Crippen LogP contribution in [-0.2, 0) is 14.8 Å². The molecule has 0 amide bonds. The van der Waals surface area contributed by atoms with E-state index >= 15 is 0 Å². The van der Waals surface area contributed by atoms with Gasteiger partial charge >= 0.3 is 0 Å². The molecule has 20 heavy (non-hydrogen) atoms. The number of hydrogen-bond acceptors (Lipinski definition) is 4. The van der Waals surface area contributed by atoms with Crippen LogP contribution in [0.4, 0.5) is 4.39 Å². The van der Waals surface area contributed by atoms with E-state index < -0.39 is 15.8 Å². The number of rotatable bonds is 8. The van der Waals surface area contributed by atoms with Gasteiger partial charge in [-0.25, -0.2) is 12.8 Å². The molecule has 0 aliphatic rings. The van der Waals surface area contributed by atoms with Crippen molar-refractivity contribution in [2.45, 2.75) is 11.3 Å². The van der Waals surface area contributed by atoms with Crippen molar-refractivity contribution in [2.75, 3.05) is 26.8 Å². The molecular weight excluding hydrogens is 303 g/mol. The molecule has 0 aliphatic carbocycles. The Morgan fingerprint density at radius 1 is 1.45 bits per heavy atom. The normalized spacial score (nSPS) is 11.8. The minimum Gasteiger partial charge on any atom is -0.393 e. The van der Waals surface area contributed by atoms with Crippen molar-refractivity contribution in [2.24, 2.45) is 5.73 Å².